The van der Waals surface area contributed by atoms with E-state index in [1.165, 1.54) is 28.9 Å². The molecule has 1 aromatic carbocycles. The first-order valence-electron chi connectivity index (χ1n) is 10.7. The molecule has 199 valence electrons. The molecule has 0 aliphatic rings. The van der Waals surface area contributed by atoms with Crippen LogP contribution in [0.2, 0.25) is 5.02 Å². The fourth-order valence-electron chi connectivity index (χ4n) is 3.61. The minimum atomic E-state index is -5.00. The second-order valence-electron chi connectivity index (χ2n) is 9.12. The summed E-state index contributed by atoms with van der Waals surface area (Å²) in [6.45, 7) is 4.03. The summed E-state index contributed by atoms with van der Waals surface area (Å²) >= 11 is 6.58. The number of imidazole rings is 1. The molecule has 0 aliphatic carbocycles. The van der Waals surface area contributed by atoms with Gasteiger partial charge < -0.3 is 14.5 Å². The molecule has 0 saturated heterocycles. The minimum absolute atomic E-state index is 0. The topological polar surface area (TPSA) is 77.8 Å². The van der Waals surface area contributed by atoms with Gasteiger partial charge in [-0.25, -0.2) is 9.97 Å². The molecule has 4 aromatic rings. The summed E-state index contributed by atoms with van der Waals surface area (Å²) in [6, 6.07) is 6.39. The Balaban J connectivity index is 0.00000400. The van der Waals surface area contributed by atoms with Gasteiger partial charge in [0.2, 0.25) is 5.88 Å². The number of rotatable bonds is 5. The number of fused-ring (bicyclic) bond motifs is 1. The number of nitrogens with one attached hydrogen (secondary N) is 1. The molecule has 7 nitrogen and oxygen atoms in total. The molecule has 0 atom stereocenters. The van der Waals surface area contributed by atoms with Gasteiger partial charge in [0.15, 0.2) is 12.4 Å². The SMILES string of the molecule is Cn1nc(C(C)(C)C)c(Cl)c1-c1nc2cc(-c3ccccc3OC(F)(F)F)nc(OCC(F)(F)F)c2[nH]1.[Na]. The van der Waals surface area contributed by atoms with Crippen molar-refractivity contribution in [3.63, 3.8) is 0 Å². The number of para-hydroxylation sites is 1. The van der Waals surface area contributed by atoms with E-state index >= 15 is 0 Å². The molecule has 0 amide bonds. The number of H-pyrrole nitrogens is 1. The Labute approximate surface area is 239 Å². The van der Waals surface area contributed by atoms with Gasteiger partial charge in [-0.1, -0.05) is 44.5 Å². The Hall–Kier alpha value is -2.48. The number of halogens is 7. The van der Waals surface area contributed by atoms with Crippen molar-refractivity contribution >= 4 is 52.2 Å². The number of ether oxygens (including phenoxy) is 2. The number of pyridine rings is 1. The predicted molar refractivity (Wildman–Crippen MR) is 129 cm³/mol. The molecule has 1 N–H and O–H groups in total. The monoisotopic (exact) mass is 570 g/mol. The summed E-state index contributed by atoms with van der Waals surface area (Å²) in [5.74, 6) is -0.954. The minimum Gasteiger partial charge on any atom is -0.466 e. The van der Waals surface area contributed by atoms with E-state index in [-0.39, 0.29) is 62.7 Å². The van der Waals surface area contributed by atoms with Crippen LogP contribution in [0.25, 0.3) is 33.8 Å². The van der Waals surface area contributed by atoms with Crippen molar-refractivity contribution in [2.24, 2.45) is 7.05 Å². The van der Waals surface area contributed by atoms with E-state index in [9.17, 15) is 26.3 Å². The van der Waals surface area contributed by atoms with Crippen LogP contribution >= 0.6 is 11.6 Å². The van der Waals surface area contributed by atoms with Crippen LogP contribution in [0, 0.1) is 0 Å². The van der Waals surface area contributed by atoms with Gasteiger partial charge >= 0.3 is 12.5 Å². The maximum atomic E-state index is 13.0. The summed E-state index contributed by atoms with van der Waals surface area (Å²) < 4.78 is 88.2. The first kappa shape index (κ1) is 30.1. The van der Waals surface area contributed by atoms with Crippen molar-refractivity contribution in [2.45, 2.75) is 38.7 Å². The van der Waals surface area contributed by atoms with E-state index in [1.54, 1.807) is 7.05 Å². The Morgan fingerprint density at radius 3 is 2.26 bits per heavy atom. The van der Waals surface area contributed by atoms with Crippen LogP contribution in [0.3, 0.4) is 0 Å². The van der Waals surface area contributed by atoms with Gasteiger partial charge in [-0.15, -0.1) is 13.2 Å². The molecule has 0 aliphatic heterocycles. The normalized spacial score (nSPS) is 12.5. The summed E-state index contributed by atoms with van der Waals surface area (Å²) in [7, 11) is 1.62. The number of aromatic nitrogens is 5. The molecule has 0 spiro atoms. The number of hydrogen-bond donors (Lipinski definition) is 1. The number of hydrogen-bond acceptors (Lipinski definition) is 5. The van der Waals surface area contributed by atoms with Gasteiger partial charge in [0.05, 0.1) is 21.9 Å². The zero-order chi connectivity index (χ0) is 27.3. The van der Waals surface area contributed by atoms with Crippen LogP contribution in [0.4, 0.5) is 26.3 Å². The van der Waals surface area contributed by atoms with Crippen LogP contribution in [0.5, 0.6) is 11.6 Å². The van der Waals surface area contributed by atoms with Crippen LogP contribution in [-0.4, -0.2) is 73.4 Å². The quantitative estimate of drug-likeness (QED) is 0.221. The van der Waals surface area contributed by atoms with Crippen molar-refractivity contribution < 1.29 is 35.8 Å². The van der Waals surface area contributed by atoms with Crippen molar-refractivity contribution in [3.8, 4) is 34.4 Å². The van der Waals surface area contributed by atoms with Crippen molar-refractivity contribution in [2.75, 3.05) is 6.61 Å². The Morgan fingerprint density at radius 2 is 1.68 bits per heavy atom. The molecule has 15 heteroatoms. The Morgan fingerprint density at radius 1 is 1.03 bits per heavy atom. The van der Waals surface area contributed by atoms with Gasteiger partial charge in [0.25, 0.3) is 0 Å². The second kappa shape index (κ2) is 10.6. The van der Waals surface area contributed by atoms with Gasteiger partial charge in [0.1, 0.15) is 17.0 Å². The number of nitrogens with zero attached hydrogens (tertiary/aromatic N) is 4. The molecular formula is C23H20ClF6N5NaO2. The zero-order valence-electron chi connectivity index (χ0n) is 20.8. The molecule has 38 heavy (non-hydrogen) atoms. The van der Waals surface area contributed by atoms with E-state index in [2.05, 4.69) is 24.8 Å². The first-order chi connectivity index (χ1) is 17.0. The fourth-order valence-corrected chi connectivity index (χ4v) is 4.15. The average molecular weight is 571 g/mol. The van der Waals surface area contributed by atoms with Crippen LogP contribution in [0.15, 0.2) is 30.3 Å². The fraction of sp³-hybridized carbons (Fsp3) is 0.348. The Kier molecular flexibility index (Phi) is 8.38. The largest absolute Gasteiger partial charge is 0.573 e. The molecular weight excluding hydrogens is 551 g/mol. The van der Waals surface area contributed by atoms with Gasteiger partial charge in [-0.05, 0) is 18.2 Å². The first-order valence-corrected chi connectivity index (χ1v) is 11.1. The standard InChI is InChI=1S/C23H20ClF6N5O2.Na/c1-21(2,3)18-15(24)17(35(4)34-18)19-31-13-9-12(11-7-5-6-8-14(11)37-23(28,29)30)32-20(16(13)33-19)36-10-22(25,26)27;/h5-9H,10H2,1-4H3,(H,31,33);. The third-order valence-corrected chi connectivity index (χ3v) is 5.48. The predicted octanol–water partition coefficient (Wildman–Crippen LogP) is 6.44. The number of aryl methyl sites for hydroxylation is 1. The smallest absolute Gasteiger partial charge is 0.466 e. The third kappa shape index (κ3) is 6.56. The van der Waals surface area contributed by atoms with Gasteiger partial charge in [0, 0.05) is 47.6 Å². The maximum absolute atomic E-state index is 13.0. The number of benzene rings is 1. The van der Waals surface area contributed by atoms with Crippen molar-refractivity contribution in [1.82, 2.24) is 24.7 Å². The molecule has 3 aromatic heterocycles. The summed E-state index contributed by atoms with van der Waals surface area (Å²) in [5, 5.41) is 4.72. The van der Waals surface area contributed by atoms with Crippen molar-refractivity contribution in [3.05, 3.63) is 41.0 Å². The molecule has 1 radical (unpaired) electrons. The molecule has 4 rings (SSSR count). The summed E-state index contributed by atoms with van der Waals surface area (Å²) in [6.07, 6.45) is -9.70. The summed E-state index contributed by atoms with van der Waals surface area (Å²) in [5.41, 5.74) is 0.299. The van der Waals surface area contributed by atoms with E-state index in [4.69, 9.17) is 16.3 Å². The van der Waals surface area contributed by atoms with E-state index in [0.717, 1.165) is 6.07 Å². The van der Waals surface area contributed by atoms with Crippen LogP contribution in [0.1, 0.15) is 26.5 Å². The van der Waals surface area contributed by atoms with Gasteiger partial charge in [-0.3, -0.25) is 4.68 Å². The average Bonchev–Trinajstić information content (AvgIpc) is 3.30. The number of aromatic amines is 1. The van der Waals surface area contributed by atoms with E-state index in [1.807, 2.05) is 20.8 Å². The van der Waals surface area contributed by atoms with Gasteiger partial charge in [-0.2, -0.15) is 18.3 Å². The summed E-state index contributed by atoms with van der Waals surface area (Å²) in [4.78, 5) is 11.4. The Bertz CT molecular complexity index is 1460. The van der Waals surface area contributed by atoms with Crippen LogP contribution < -0.4 is 9.47 Å². The molecule has 0 bridgehead atoms. The van der Waals surface area contributed by atoms with Crippen LogP contribution in [-0.2, 0) is 12.5 Å². The molecule has 3 heterocycles. The third-order valence-electron chi connectivity index (χ3n) is 5.13. The zero-order valence-corrected chi connectivity index (χ0v) is 23.6. The molecule has 0 unspecified atom stereocenters. The van der Waals surface area contributed by atoms with Crippen molar-refractivity contribution in [1.29, 1.82) is 0 Å². The number of alkyl halides is 6. The molecule has 0 fully saturated rings. The molecule has 0 saturated carbocycles. The van der Waals surface area contributed by atoms with E-state index < -0.39 is 36.2 Å². The van der Waals surface area contributed by atoms with E-state index in [0.29, 0.717) is 11.4 Å². The second-order valence-corrected chi connectivity index (χ2v) is 9.50. The maximum Gasteiger partial charge on any atom is 0.573 e.